The van der Waals surface area contributed by atoms with Crippen molar-refractivity contribution >= 4 is 5.96 Å². The van der Waals surface area contributed by atoms with E-state index in [1.807, 2.05) is 0 Å². The number of fused-ring (bicyclic) bond motifs is 1. The van der Waals surface area contributed by atoms with Gasteiger partial charge >= 0.3 is 6.61 Å². The Labute approximate surface area is 171 Å². The van der Waals surface area contributed by atoms with E-state index < -0.39 is 6.61 Å². The number of halogens is 2. The average Bonchev–Trinajstić information content (AvgIpc) is 3.09. The molecular weight excluding hydrogens is 382 g/mol. The number of rotatable bonds is 10. The zero-order valence-electron chi connectivity index (χ0n) is 17.8. The summed E-state index contributed by atoms with van der Waals surface area (Å²) in [7, 11) is 1.67. The van der Waals surface area contributed by atoms with Crippen LogP contribution >= 0.6 is 0 Å². The number of hydrogen-bond acceptors (Lipinski definition) is 5. The molecule has 1 aliphatic rings. The SMILES string of the molecule is CN=C(NCCCN(C(C)C)C(C)C)NCc1cc2c(cc1OC(F)F)OCO2. The first-order valence-electron chi connectivity index (χ1n) is 9.89. The normalized spacial score (nSPS) is 13.7. The largest absolute Gasteiger partial charge is 0.454 e. The first-order chi connectivity index (χ1) is 13.8. The third kappa shape index (κ3) is 6.92. The van der Waals surface area contributed by atoms with E-state index in [-0.39, 0.29) is 19.1 Å². The molecule has 0 spiro atoms. The van der Waals surface area contributed by atoms with Gasteiger partial charge in [0.15, 0.2) is 17.5 Å². The lowest BCUT2D eigenvalue weighted by atomic mass is 10.1. The molecule has 9 heteroatoms. The summed E-state index contributed by atoms with van der Waals surface area (Å²) in [6, 6.07) is 4.05. The minimum atomic E-state index is -2.92. The van der Waals surface area contributed by atoms with Crippen LogP contribution in [-0.2, 0) is 6.54 Å². The van der Waals surface area contributed by atoms with Crippen LogP contribution in [0.4, 0.5) is 8.78 Å². The first-order valence-corrected chi connectivity index (χ1v) is 9.89. The quantitative estimate of drug-likeness (QED) is 0.348. The van der Waals surface area contributed by atoms with Crippen LogP contribution in [0.5, 0.6) is 17.2 Å². The summed E-state index contributed by atoms with van der Waals surface area (Å²) in [5.74, 6) is 1.55. The van der Waals surface area contributed by atoms with Crippen LogP contribution in [0.1, 0.15) is 39.7 Å². The van der Waals surface area contributed by atoms with Gasteiger partial charge in [-0.05, 0) is 40.2 Å². The molecule has 0 aromatic heterocycles. The van der Waals surface area contributed by atoms with Gasteiger partial charge in [-0.25, -0.2) is 0 Å². The van der Waals surface area contributed by atoms with Gasteiger partial charge in [-0.1, -0.05) is 0 Å². The van der Waals surface area contributed by atoms with Gasteiger partial charge in [0.1, 0.15) is 5.75 Å². The predicted octanol–water partition coefficient (Wildman–Crippen LogP) is 3.19. The highest BCUT2D eigenvalue weighted by molar-refractivity contribution is 5.79. The molecule has 1 aliphatic heterocycles. The van der Waals surface area contributed by atoms with Crippen molar-refractivity contribution in [1.29, 1.82) is 0 Å². The molecule has 0 aliphatic carbocycles. The first kappa shape index (κ1) is 23.0. The van der Waals surface area contributed by atoms with Crippen molar-refractivity contribution < 1.29 is 23.0 Å². The molecule has 2 rings (SSSR count). The third-order valence-corrected chi connectivity index (χ3v) is 4.65. The topological polar surface area (TPSA) is 67.4 Å². The molecule has 0 atom stereocenters. The second kappa shape index (κ2) is 11.0. The molecule has 0 saturated heterocycles. The Balaban J connectivity index is 1.89. The van der Waals surface area contributed by atoms with E-state index in [1.54, 1.807) is 13.1 Å². The van der Waals surface area contributed by atoms with Gasteiger partial charge in [0, 0.05) is 50.4 Å². The lowest BCUT2D eigenvalue weighted by Crippen LogP contribution is -2.41. The molecule has 0 unspecified atom stereocenters. The van der Waals surface area contributed by atoms with E-state index in [0.717, 1.165) is 19.5 Å². The lowest BCUT2D eigenvalue weighted by Gasteiger charge is -2.30. The number of ether oxygens (including phenoxy) is 3. The van der Waals surface area contributed by atoms with Crippen LogP contribution in [0.3, 0.4) is 0 Å². The van der Waals surface area contributed by atoms with E-state index in [4.69, 9.17) is 9.47 Å². The highest BCUT2D eigenvalue weighted by Crippen LogP contribution is 2.38. The Morgan fingerprint density at radius 3 is 2.38 bits per heavy atom. The molecule has 29 heavy (non-hydrogen) atoms. The maximum atomic E-state index is 12.7. The van der Waals surface area contributed by atoms with Crippen LogP contribution in [0.15, 0.2) is 17.1 Å². The van der Waals surface area contributed by atoms with E-state index in [9.17, 15) is 8.78 Å². The van der Waals surface area contributed by atoms with Gasteiger partial charge in [0.25, 0.3) is 0 Å². The average molecular weight is 414 g/mol. The number of hydrogen-bond donors (Lipinski definition) is 2. The molecule has 1 aromatic rings. The molecule has 0 amide bonds. The summed E-state index contributed by atoms with van der Waals surface area (Å²) in [6.45, 7) is 7.89. The standard InChI is InChI=1S/C20H32F2N4O3/c1-13(2)26(14(3)4)8-6-7-24-20(23-5)25-11-15-9-17-18(28-12-27-17)10-16(15)29-19(21)22/h9-10,13-14,19H,6-8,11-12H2,1-5H3,(H2,23,24,25). The van der Waals surface area contributed by atoms with Crippen LogP contribution < -0.4 is 24.8 Å². The van der Waals surface area contributed by atoms with Crippen LogP contribution in [-0.4, -0.2) is 56.5 Å². The molecule has 0 saturated carbocycles. The number of aliphatic imine (C=N–C) groups is 1. The lowest BCUT2D eigenvalue weighted by molar-refractivity contribution is -0.0505. The molecule has 1 heterocycles. The van der Waals surface area contributed by atoms with Crippen LogP contribution in [0.25, 0.3) is 0 Å². The monoisotopic (exact) mass is 414 g/mol. The van der Waals surface area contributed by atoms with Crippen molar-refractivity contribution in [2.75, 3.05) is 26.9 Å². The van der Waals surface area contributed by atoms with Gasteiger partial charge < -0.3 is 24.8 Å². The summed E-state index contributed by atoms with van der Waals surface area (Å²) in [5.41, 5.74) is 0.531. The van der Waals surface area contributed by atoms with Gasteiger partial charge in [-0.15, -0.1) is 0 Å². The molecule has 2 N–H and O–H groups in total. The van der Waals surface area contributed by atoms with Crippen molar-refractivity contribution in [3.8, 4) is 17.2 Å². The maximum absolute atomic E-state index is 12.7. The molecule has 7 nitrogen and oxygen atoms in total. The van der Waals surface area contributed by atoms with Gasteiger partial charge in [-0.3, -0.25) is 9.89 Å². The van der Waals surface area contributed by atoms with Crippen molar-refractivity contribution in [3.63, 3.8) is 0 Å². The summed E-state index contributed by atoms with van der Waals surface area (Å²) >= 11 is 0. The summed E-state index contributed by atoms with van der Waals surface area (Å²) in [4.78, 5) is 6.62. The van der Waals surface area contributed by atoms with Crippen molar-refractivity contribution in [2.45, 2.75) is 59.4 Å². The molecule has 164 valence electrons. The van der Waals surface area contributed by atoms with Crippen molar-refractivity contribution in [1.82, 2.24) is 15.5 Å². The van der Waals surface area contributed by atoms with Crippen LogP contribution in [0, 0.1) is 0 Å². The highest BCUT2D eigenvalue weighted by Gasteiger charge is 2.20. The Morgan fingerprint density at radius 2 is 1.79 bits per heavy atom. The zero-order chi connectivity index (χ0) is 21.4. The number of nitrogens with zero attached hydrogens (tertiary/aromatic N) is 2. The van der Waals surface area contributed by atoms with E-state index in [1.165, 1.54) is 6.07 Å². The Morgan fingerprint density at radius 1 is 1.14 bits per heavy atom. The van der Waals surface area contributed by atoms with Crippen molar-refractivity contribution in [2.24, 2.45) is 4.99 Å². The van der Waals surface area contributed by atoms with Gasteiger partial charge in [0.05, 0.1) is 0 Å². The summed E-state index contributed by atoms with van der Waals surface area (Å²) in [6.07, 6.45) is 0.959. The fourth-order valence-corrected chi connectivity index (χ4v) is 3.29. The molecule has 0 bridgehead atoms. The Hall–Kier alpha value is -2.29. The summed E-state index contributed by atoms with van der Waals surface area (Å²) in [5, 5.41) is 6.38. The van der Waals surface area contributed by atoms with E-state index in [2.05, 4.69) is 53.0 Å². The maximum Gasteiger partial charge on any atom is 0.387 e. The molecular formula is C20H32F2N4O3. The second-order valence-corrected chi connectivity index (χ2v) is 7.32. The molecule has 0 radical (unpaired) electrons. The molecule has 0 fully saturated rings. The number of nitrogens with one attached hydrogen (secondary N) is 2. The fourth-order valence-electron chi connectivity index (χ4n) is 3.29. The second-order valence-electron chi connectivity index (χ2n) is 7.32. The van der Waals surface area contributed by atoms with E-state index >= 15 is 0 Å². The number of alkyl halides is 2. The smallest absolute Gasteiger partial charge is 0.387 e. The predicted molar refractivity (Wildman–Crippen MR) is 109 cm³/mol. The minimum absolute atomic E-state index is 0.0525. The number of guanidine groups is 1. The fraction of sp³-hybridized carbons (Fsp3) is 0.650. The summed E-state index contributed by atoms with van der Waals surface area (Å²) < 4.78 is 40.7. The third-order valence-electron chi connectivity index (χ3n) is 4.65. The highest BCUT2D eigenvalue weighted by atomic mass is 19.3. The van der Waals surface area contributed by atoms with Crippen molar-refractivity contribution in [3.05, 3.63) is 17.7 Å². The minimum Gasteiger partial charge on any atom is -0.454 e. The Kier molecular flexibility index (Phi) is 8.75. The zero-order valence-corrected chi connectivity index (χ0v) is 17.8. The van der Waals surface area contributed by atoms with Gasteiger partial charge in [0.2, 0.25) is 6.79 Å². The molecule has 1 aromatic carbocycles. The number of benzene rings is 1. The van der Waals surface area contributed by atoms with Crippen LogP contribution in [0.2, 0.25) is 0 Å². The van der Waals surface area contributed by atoms with Gasteiger partial charge in [-0.2, -0.15) is 8.78 Å². The Bertz CT molecular complexity index is 676. The van der Waals surface area contributed by atoms with E-state index in [0.29, 0.717) is 35.1 Å².